The normalized spacial score (nSPS) is 14.0. The van der Waals surface area contributed by atoms with E-state index in [2.05, 4.69) is 10.3 Å². The molecule has 0 atom stereocenters. The number of halogens is 2. The molecule has 0 radical (unpaired) electrons. The third kappa shape index (κ3) is 5.51. The molecular formula is C22H25Cl2N3O. The molecule has 1 heterocycles. The number of aromatic amines is 1. The molecule has 0 aliphatic heterocycles. The molecule has 1 aliphatic carbocycles. The quantitative estimate of drug-likeness (QED) is 0.518. The molecule has 0 spiro atoms. The maximum absolute atomic E-state index is 11.9. The lowest BCUT2D eigenvalue weighted by Gasteiger charge is -2.12. The Bertz CT molecular complexity index is 981. The van der Waals surface area contributed by atoms with Gasteiger partial charge in [0.25, 0.3) is 0 Å². The van der Waals surface area contributed by atoms with Crippen LogP contribution in [0.4, 0.5) is 5.82 Å². The molecule has 4 N–H and O–H groups in total. The minimum Gasteiger partial charge on any atom is -0.371 e. The molecule has 4 nitrogen and oxygen atoms in total. The Morgan fingerprint density at radius 1 is 1.04 bits per heavy atom. The van der Waals surface area contributed by atoms with Crippen LogP contribution in [0.25, 0.3) is 10.9 Å². The van der Waals surface area contributed by atoms with E-state index in [1.807, 2.05) is 30.3 Å². The number of nitrogens with two attached hydrogens (primary N) is 1. The zero-order chi connectivity index (χ0) is 19.9. The van der Waals surface area contributed by atoms with E-state index in [-0.39, 0.29) is 5.43 Å². The first-order valence-corrected chi connectivity index (χ1v) is 10.3. The number of nitrogens with one attached hydrogen (secondary N) is 2. The fourth-order valence-electron chi connectivity index (χ4n) is 3.43. The summed E-state index contributed by atoms with van der Waals surface area (Å²) in [6, 6.07) is 14.7. The fourth-order valence-corrected chi connectivity index (χ4v) is 3.75. The number of hydrogen-bond donors (Lipinski definition) is 3. The van der Waals surface area contributed by atoms with Crippen LogP contribution < -0.4 is 16.5 Å². The van der Waals surface area contributed by atoms with Gasteiger partial charge in [-0.2, -0.15) is 0 Å². The van der Waals surface area contributed by atoms with Gasteiger partial charge in [0, 0.05) is 24.5 Å². The lowest BCUT2D eigenvalue weighted by atomic mass is 10.1. The molecule has 148 valence electrons. The van der Waals surface area contributed by atoms with E-state index in [0.29, 0.717) is 16.6 Å². The van der Waals surface area contributed by atoms with Gasteiger partial charge < -0.3 is 16.0 Å². The van der Waals surface area contributed by atoms with Crippen LogP contribution >= 0.6 is 23.2 Å². The Balaban J connectivity index is 0.000000192. The number of rotatable bonds is 4. The van der Waals surface area contributed by atoms with Crippen LogP contribution in [-0.2, 0) is 6.54 Å². The Morgan fingerprint density at radius 3 is 2.50 bits per heavy atom. The summed E-state index contributed by atoms with van der Waals surface area (Å²) in [6.45, 7) is 1.46. The van der Waals surface area contributed by atoms with E-state index in [4.69, 9.17) is 28.9 Å². The summed E-state index contributed by atoms with van der Waals surface area (Å²) in [6.07, 6.45) is 5.32. The van der Waals surface area contributed by atoms with Crippen LogP contribution in [0.1, 0.15) is 31.2 Å². The van der Waals surface area contributed by atoms with Crippen LogP contribution in [0, 0.1) is 5.92 Å². The second kappa shape index (κ2) is 9.97. The van der Waals surface area contributed by atoms with Crippen molar-refractivity contribution in [3.8, 4) is 0 Å². The number of para-hydroxylation sites is 1. The maximum Gasteiger partial charge on any atom is 0.191 e. The molecule has 1 fully saturated rings. The third-order valence-corrected chi connectivity index (χ3v) is 5.75. The van der Waals surface area contributed by atoms with E-state index in [0.717, 1.165) is 34.7 Å². The largest absolute Gasteiger partial charge is 0.371 e. The summed E-state index contributed by atoms with van der Waals surface area (Å²) in [7, 11) is 0. The second-order valence-corrected chi connectivity index (χ2v) is 7.89. The Morgan fingerprint density at radius 2 is 1.79 bits per heavy atom. The zero-order valence-electron chi connectivity index (χ0n) is 15.7. The summed E-state index contributed by atoms with van der Waals surface area (Å²) in [5, 5.41) is 5.25. The van der Waals surface area contributed by atoms with Gasteiger partial charge >= 0.3 is 0 Å². The topological polar surface area (TPSA) is 70.9 Å². The Kier molecular flexibility index (Phi) is 7.37. The summed E-state index contributed by atoms with van der Waals surface area (Å²) >= 11 is 11.4. The lowest BCUT2D eigenvalue weighted by molar-refractivity contribution is 0.579. The number of H-pyrrole nitrogens is 1. The zero-order valence-corrected chi connectivity index (χ0v) is 17.2. The number of anilines is 1. The van der Waals surface area contributed by atoms with Crippen molar-refractivity contribution in [3.63, 3.8) is 0 Å². The molecule has 0 unspecified atom stereocenters. The molecule has 2 aromatic carbocycles. The number of benzene rings is 2. The van der Waals surface area contributed by atoms with Gasteiger partial charge in [-0.15, -0.1) is 0 Å². The van der Waals surface area contributed by atoms with Crippen LogP contribution in [0.15, 0.2) is 53.3 Å². The molecule has 28 heavy (non-hydrogen) atoms. The van der Waals surface area contributed by atoms with Gasteiger partial charge in [0.15, 0.2) is 5.43 Å². The van der Waals surface area contributed by atoms with Gasteiger partial charge in [0.2, 0.25) is 0 Å². The molecule has 6 heteroatoms. The molecule has 1 aromatic heterocycles. The van der Waals surface area contributed by atoms with E-state index in [1.54, 1.807) is 18.2 Å². The number of hydrogen-bond acceptors (Lipinski definition) is 3. The standard InChI is InChI=1S/C15H18N2O.C7H7Cl2N/c18-14-9-15(16-10-11-5-1-2-6-11)17-13-8-4-3-7-12(13)14;8-6-2-1-5(4-10)3-7(6)9/h3-4,7-9,11H,1-2,5-6,10H2,(H2,16,17,18);1-3H,4,10H2. The van der Waals surface area contributed by atoms with Crippen molar-refractivity contribution in [2.24, 2.45) is 11.7 Å². The Hall–Kier alpha value is -2.01. The average Bonchev–Trinajstić information content (AvgIpc) is 3.23. The van der Waals surface area contributed by atoms with Gasteiger partial charge in [-0.25, -0.2) is 0 Å². The molecule has 4 rings (SSSR count). The van der Waals surface area contributed by atoms with Crippen molar-refractivity contribution in [1.29, 1.82) is 0 Å². The van der Waals surface area contributed by atoms with Crippen LogP contribution in [0.2, 0.25) is 10.0 Å². The minimum absolute atomic E-state index is 0.0817. The molecular weight excluding hydrogens is 393 g/mol. The minimum atomic E-state index is 0.0817. The highest BCUT2D eigenvalue weighted by Gasteiger charge is 2.14. The van der Waals surface area contributed by atoms with Gasteiger partial charge in [-0.1, -0.05) is 54.2 Å². The van der Waals surface area contributed by atoms with Crippen molar-refractivity contribution >= 4 is 39.9 Å². The van der Waals surface area contributed by atoms with Crippen molar-refractivity contribution in [2.75, 3.05) is 11.9 Å². The Labute approximate surface area is 175 Å². The SMILES string of the molecule is NCc1ccc(Cl)c(Cl)c1.O=c1cc(NCC2CCCC2)[nH]c2ccccc12. The lowest BCUT2D eigenvalue weighted by Crippen LogP contribution is -2.14. The molecule has 0 bridgehead atoms. The predicted octanol–water partition coefficient (Wildman–Crippen LogP) is 5.58. The fraction of sp³-hybridized carbons (Fsp3) is 0.318. The van der Waals surface area contributed by atoms with E-state index in [1.165, 1.54) is 25.7 Å². The number of fused-ring (bicyclic) bond motifs is 1. The highest BCUT2D eigenvalue weighted by molar-refractivity contribution is 6.42. The highest BCUT2D eigenvalue weighted by Crippen LogP contribution is 2.25. The van der Waals surface area contributed by atoms with E-state index < -0.39 is 0 Å². The summed E-state index contributed by atoms with van der Waals surface area (Å²) in [5.74, 6) is 1.60. The monoisotopic (exact) mass is 417 g/mol. The predicted molar refractivity (Wildman–Crippen MR) is 119 cm³/mol. The van der Waals surface area contributed by atoms with Gasteiger partial charge in [0.05, 0.1) is 15.6 Å². The van der Waals surface area contributed by atoms with Crippen molar-refractivity contribution < 1.29 is 0 Å². The first-order chi connectivity index (χ1) is 13.6. The van der Waals surface area contributed by atoms with Crippen LogP contribution in [0.3, 0.4) is 0 Å². The smallest absolute Gasteiger partial charge is 0.191 e. The van der Waals surface area contributed by atoms with Crippen molar-refractivity contribution in [2.45, 2.75) is 32.2 Å². The van der Waals surface area contributed by atoms with Crippen molar-refractivity contribution in [1.82, 2.24) is 4.98 Å². The van der Waals surface area contributed by atoms with E-state index >= 15 is 0 Å². The van der Waals surface area contributed by atoms with Gasteiger partial charge in [-0.3, -0.25) is 4.79 Å². The summed E-state index contributed by atoms with van der Waals surface area (Å²) in [4.78, 5) is 15.2. The van der Waals surface area contributed by atoms with Crippen LogP contribution in [-0.4, -0.2) is 11.5 Å². The first-order valence-electron chi connectivity index (χ1n) is 9.56. The number of aromatic nitrogens is 1. The number of pyridine rings is 1. The first kappa shape index (κ1) is 20.7. The molecule has 0 amide bonds. The molecule has 1 saturated carbocycles. The third-order valence-electron chi connectivity index (χ3n) is 5.01. The van der Waals surface area contributed by atoms with E-state index in [9.17, 15) is 4.79 Å². The second-order valence-electron chi connectivity index (χ2n) is 7.08. The maximum atomic E-state index is 11.9. The average molecular weight is 418 g/mol. The van der Waals surface area contributed by atoms with Crippen molar-refractivity contribution in [3.05, 3.63) is 74.4 Å². The summed E-state index contributed by atoms with van der Waals surface area (Å²) in [5.41, 5.74) is 7.35. The molecule has 0 saturated heterocycles. The van der Waals surface area contributed by atoms with Gasteiger partial charge in [0.1, 0.15) is 5.82 Å². The molecule has 3 aromatic rings. The molecule has 1 aliphatic rings. The highest BCUT2D eigenvalue weighted by atomic mass is 35.5. The summed E-state index contributed by atoms with van der Waals surface area (Å²) < 4.78 is 0. The van der Waals surface area contributed by atoms with Crippen LogP contribution in [0.5, 0.6) is 0 Å². The van der Waals surface area contributed by atoms with Gasteiger partial charge in [-0.05, 0) is 48.6 Å².